The molecule has 0 bridgehead atoms. The summed E-state index contributed by atoms with van der Waals surface area (Å²) in [6.07, 6.45) is 4.31. The molecule has 1 fully saturated rings. The van der Waals surface area contributed by atoms with Crippen LogP contribution in [0.5, 0.6) is 17.2 Å². The number of carbonyl (C=O) groups excluding carboxylic acids is 1. The molecule has 2 unspecified atom stereocenters. The average Bonchev–Trinajstić information content (AvgIpc) is 3.27. The number of rotatable bonds is 5. The van der Waals surface area contributed by atoms with Crippen LogP contribution in [0.3, 0.4) is 0 Å². The topological polar surface area (TPSA) is 85.5 Å². The predicted molar refractivity (Wildman–Crippen MR) is 126 cm³/mol. The molecule has 5 rings (SSSR count). The quantitative estimate of drug-likeness (QED) is 0.340. The van der Waals surface area contributed by atoms with Gasteiger partial charge < -0.3 is 19.2 Å². The summed E-state index contributed by atoms with van der Waals surface area (Å²) >= 11 is 0. The molecule has 0 spiro atoms. The minimum atomic E-state index is -0.976. The maximum atomic E-state index is 14.9. The molecule has 0 saturated carbocycles. The number of fused-ring (bicyclic) bond motifs is 1. The lowest BCUT2D eigenvalue weighted by atomic mass is 9.88. The van der Waals surface area contributed by atoms with Crippen LogP contribution in [0.25, 0.3) is 11.0 Å². The third-order valence-electron chi connectivity index (χ3n) is 5.98. The third kappa shape index (κ3) is 4.81. The van der Waals surface area contributed by atoms with Crippen molar-refractivity contribution >= 4 is 22.8 Å². The Morgan fingerprint density at radius 2 is 1.94 bits per heavy atom. The van der Waals surface area contributed by atoms with Crippen LogP contribution in [0, 0.1) is 11.6 Å². The highest BCUT2D eigenvalue weighted by atomic mass is 19.1. The molecule has 35 heavy (non-hydrogen) atoms. The lowest BCUT2D eigenvalue weighted by molar-refractivity contribution is 0.0119. The summed E-state index contributed by atoms with van der Waals surface area (Å²) in [4.78, 5) is 19.5. The molecule has 0 radical (unpaired) electrons. The van der Waals surface area contributed by atoms with E-state index in [4.69, 9.17) is 14.2 Å². The van der Waals surface area contributed by atoms with E-state index < -0.39 is 23.5 Å². The first kappa shape index (κ1) is 22.8. The summed E-state index contributed by atoms with van der Waals surface area (Å²) in [5.41, 5.74) is 1.37. The van der Waals surface area contributed by atoms with Crippen LogP contribution in [0.4, 0.5) is 19.3 Å². The minimum Gasteiger partial charge on any atom is -0.450 e. The molecular formula is C26H23F2N3O4. The maximum absolute atomic E-state index is 14.9. The van der Waals surface area contributed by atoms with E-state index >= 15 is 0 Å². The number of nitrogens with one attached hydrogen (secondary N) is 2. The van der Waals surface area contributed by atoms with E-state index in [1.807, 2.05) is 13.1 Å². The van der Waals surface area contributed by atoms with E-state index in [-0.39, 0.29) is 23.5 Å². The Morgan fingerprint density at radius 3 is 2.69 bits per heavy atom. The van der Waals surface area contributed by atoms with Gasteiger partial charge in [-0.05, 0) is 43.5 Å². The van der Waals surface area contributed by atoms with Crippen molar-refractivity contribution in [1.82, 2.24) is 9.97 Å². The zero-order valence-electron chi connectivity index (χ0n) is 18.9. The van der Waals surface area contributed by atoms with Crippen LogP contribution in [-0.2, 0) is 4.74 Å². The van der Waals surface area contributed by atoms with Crippen molar-refractivity contribution in [3.63, 3.8) is 0 Å². The minimum absolute atomic E-state index is 0.00900. The molecule has 1 aliphatic heterocycles. The lowest BCUT2D eigenvalue weighted by Crippen LogP contribution is -2.24. The van der Waals surface area contributed by atoms with Crippen molar-refractivity contribution in [3.8, 4) is 17.2 Å². The first-order chi connectivity index (χ1) is 17.0. The van der Waals surface area contributed by atoms with Crippen molar-refractivity contribution in [1.29, 1.82) is 0 Å². The number of carbonyl (C=O) groups is 1. The summed E-state index contributed by atoms with van der Waals surface area (Å²) in [6, 6.07) is 11.8. The van der Waals surface area contributed by atoms with Crippen LogP contribution >= 0.6 is 0 Å². The number of amides is 1. The molecule has 4 aromatic rings. The second kappa shape index (κ2) is 9.71. The van der Waals surface area contributed by atoms with Crippen molar-refractivity contribution in [3.05, 3.63) is 78.1 Å². The maximum Gasteiger partial charge on any atom is 0.417 e. The Balaban J connectivity index is 1.40. The molecular weight excluding hydrogens is 456 g/mol. The number of hydrogen-bond acceptors (Lipinski definition) is 5. The number of hydrogen-bond donors (Lipinski definition) is 2. The van der Waals surface area contributed by atoms with E-state index in [9.17, 15) is 13.6 Å². The SMILES string of the molecule is CC1OCCCC1c1c[nH]c2nccc(Oc3c(F)cc(NC(=O)Oc4ccccc4)cc3F)c12. The van der Waals surface area contributed by atoms with Gasteiger partial charge in [-0.3, -0.25) is 5.32 Å². The highest BCUT2D eigenvalue weighted by Crippen LogP contribution is 2.40. The molecule has 9 heteroatoms. The van der Waals surface area contributed by atoms with Gasteiger partial charge in [0.25, 0.3) is 0 Å². The lowest BCUT2D eigenvalue weighted by Gasteiger charge is -2.29. The number of anilines is 1. The van der Waals surface area contributed by atoms with Crippen molar-refractivity contribution in [2.75, 3.05) is 11.9 Å². The zero-order chi connectivity index (χ0) is 24.4. The molecule has 7 nitrogen and oxygen atoms in total. The number of halogens is 2. The van der Waals surface area contributed by atoms with Gasteiger partial charge >= 0.3 is 6.09 Å². The predicted octanol–water partition coefficient (Wildman–Crippen LogP) is 6.53. The number of aromatic nitrogens is 2. The van der Waals surface area contributed by atoms with Crippen molar-refractivity contribution in [2.45, 2.75) is 31.8 Å². The van der Waals surface area contributed by atoms with Gasteiger partial charge in [0, 0.05) is 37.1 Å². The smallest absolute Gasteiger partial charge is 0.417 e. The number of H-pyrrole nitrogens is 1. The average molecular weight is 479 g/mol. The second-order valence-electron chi connectivity index (χ2n) is 8.30. The Bertz CT molecular complexity index is 1340. The van der Waals surface area contributed by atoms with E-state index in [0.29, 0.717) is 23.4 Å². The first-order valence-corrected chi connectivity index (χ1v) is 11.3. The molecule has 180 valence electrons. The molecule has 1 amide bonds. The van der Waals surface area contributed by atoms with E-state index in [1.54, 1.807) is 36.4 Å². The van der Waals surface area contributed by atoms with Crippen LogP contribution in [0.1, 0.15) is 31.2 Å². The van der Waals surface area contributed by atoms with Gasteiger partial charge in [-0.15, -0.1) is 0 Å². The summed E-state index contributed by atoms with van der Waals surface area (Å²) in [5, 5.41) is 2.97. The van der Waals surface area contributed by atoms with Gasteiger partial charge in [0.05, 0.1) is 17.2 Å². The highest BCUT2D eigenvalue weighted by molar-refractivity contribution is 5.88. The van der Waals surface area contributed by atoms with E-state index in [0.717, 1.165) is 30.5 Å². The highest BCUT2D eigenvalue weighted by Gasteiger charge is 2.28. The van der Waals surface area contributed by atoms with Gasteiger partial charge in [0.15, 0.2) is 17.4 Å². The summed E-state index contributed by atoms with van der Waals surface area (Å²) in [6.45, 7) is 2.71. The Labute approximate surface area is 200 Å². The van der Waals surface area contributed by atoms with Crippen molar-refractivity contribution < 1.29 is 27.8 Å². The molecule has 1 saturated heterocycles. The van der Waals surface area contributed by atoms with Crippen molar-refractivity contribution in [2.24, 2.45) is 0 Å². The number of aromatic amines is 1. The van der Waals surface area contributed by atoms with Crippen LogP contribution < -0.4 is 14.8 Å². The molecule has 2 atom stereocenters. The number of para-hydroxylation sites is 1. The number of nitrogens with zero attached hydrogens (tertiary/aromatic N) is 1. The van der Waals surface area contributed by atoms with Gasteiger partial charge in [0.2, 0.25) is 0 Å². The molecule has 2 aromatic heterocycles. The number of ether oxygens (including phenoxy) is 3. The van der Waals surface area contributed by atoms with Gasteiger partial charge in [-0.1, -0.05) is 18.2 Å². The fraction of sp³-hybridized carbons (Fsp3) is 0.231. The monoisotopic (exact) mass is 479 g/mol. The molecule has 2 aromatic carbocycles. The van der Waals surface area contributed by atoms with Crippen LogP contribution in [0.2, 0.25) is 0 Å². The van der Waals surface area contributed by atoms with E-state index in [2.05, 4.69) is 15.3 Å². The van der Waals surface area contributed by atoms with Crippen LogP contribution in [0.15, 0.2) is 60.9 Å². The van der Waals surface area contributed by atoms with Gasteiger partial charge in [0.1, 0.15) is 17.1 Å². The third-order valence-corrected chi connectivity index (χ3v) is 5.98. The second-order valence-corrected chi connectivity index (χ2v) is 8.30. The molecule has 1 aliphatic rings. The molecule has 2 N–H and O–H groups in total. The molecule has 3 heterocycles. The first-order valence-electron chi connectivity index (χ1n) is 11.3. The van der Waals surface area contributed by atoms with Crippen LogP contribution in [-0.4, -0.2) is 28.8 Å². The number of pyridine rings is 1. The summed E-state index contributed by atoms with van der Waals surface area (Å²) < 4.78 is 46.5. The van der Waals surface area contributed by atoms with Gasteiger partial charge in [-0.25, -0.2) is 18.6 Å². The Morgan fingerprint density at radius 1 is 1.17 bits per heavy atom. The standard InChI is InChI=1S/C26H23F2N3O4/c1-15-18(8-5-11-33-15)19-14-30-25-23(19)22(9-10-29-25)35-24-20(27)12-16(13-21(24)28)31-26(32)34-17-6-3-2-4-7-17/h2-4,6-7,9-10,12-15,18H,5,8,11H2,1H3,(H,29,30)(H,31,32). The van der Waals surface area contributed by atoms with Gasteiger partial charge in [-0.2, -0.15) is 0 Å². The number of benzene rings is 2. The normalized spacial score (nSPS) is 17.8. The van der Waals surface area contributed by atoms with E-state index in [1.165, 1.54) is 6.20 Å². The summed E-state index contributed by atoms with van der Waals surface area (Å²) in [5.74, 6) is -1.87. The Kier molecular flexibility index (Phi) is 6.33. The molecule has 0 aliphatic carbocycles. The Hall–Kier alpha value is -3.98. The zero-order valence-corrected chi connectivity index (χ0v) is 18.9. The fourth-order valence-corrected chi connectivity index (χ4v) is 4.34. The summed E-state index contributed by atoms with van der Waals surface area (Å²) in [7, 11) is 0. The largest absolute Gasteiger partial charge is 0.450 e. The fourth-order valence-electron chi connectivity index (χ4n) is 4.34.